The lowest BCUT2D eigenvalue weighted by Crippen LogP contribution is -2.15. The minimum Gasteiger partial charge on any atom is -0.495 e. The molecule has 0 radical (unpaired) electrons. The lowest BCUT2D eigenvalue weighted by Gasteiger charge is -2.12. The minimum absolute atomic E-state index is 0.00838. The summed E-state index contributed by atoms with van der Waals surface area (Å²) in [6, 6.07) is 11.3. The molecule has 0 saturated carbocycles. The Morgan fingerprint density at radius 2 is 1.88 bits per heavy atom. The molecule has 0 aliphatic carbocycles. The summed E-state index contributed by atoms with van der Waals surface area (Å²) in [6.07, 6.45) is 1.51. The summed E-state index contributed by atoms with van der Waals surface area (Å²) in [5.41, 5.74) is 3.21. The molecule has 0 aliphatic heterocycles. The van der Waals surface area contributed by atoms with E-state index in [-0.39, 0.29) is 5.57 Å². The van der Waals surface area contributed by atoms with E-state index in [0.29, 0.717) is 11.3 Å². The monoisotopic (exact) mass is 462 g/mol. The topological polar surface area (TPSA) is 62.1 Å². The van der Waals surface area contributed by atoms with E-state index in [2.05, 4.69) is 37.2 Å². The number of methoxy groups -OCH3 is 1. The molecular weight excluding hydrogens is 448 g/mol. The van der Waals surface area contributed by atoms with Crippen molar-refractivity contribution in [2.24, 2.45) is 0 Å². The number of nitriles is 1. The van der Waals surface area contributed by atoms with E-state index in [9.17, 15) is 10.1 Å². The van der Waals surface area contributed by atoms with Crippen molar-refractivity contribution in [2.45, 2.75) is 13.8 Å². The number of hydrogen-bond acceptors (Lipinski definition) is 3. The van der Waals surface area contributed by atoms with Crippen molar-refractivity contribution in [1.82, 2.24) is 0 Å². The lowest BCUT2D eigenvalue weighted by molar-refractivity contribution is -0.112. The summed E-state index contributed by atoms with van der Waals surface area (Å²) in [6.45, 7) is 3.82. The van der Waals surface area contributed by atoms with Gasteiger partial charge in [0.25, 0.3) is 5.91 Å². The maximum absolute atomic E-state index is 12.6. The second kappa shape index (κ2) is 8.32. The molecule has 25 heavy (non-hydrogen) atoms. The number of ether oxygens (including phenoxy) is 1. The lowest BCUT2D eigenvalue weighted by atomic mass is 10.1. The maximum atomic E-state index is 12.6. The number of halogens is 2. The van der Waals surface area contributed by atoms with E-state index < -0.39 is 5.91 Å². The van der Waals surface area contributed by atoms with Crippen LogP contribution < -0.4 is 10.1 Å². The maximum Gasteiger partial charge on any atom is 0.266 e. The number of para-hydroxylation sites is 1. The molecule has 6 heteroatoms. The van der Waals surface area contributed by atoms with Crippen LogP contribution in [0.25, 0.3) is 6.08 Å². The molecule has 2 aromatic rings. The Morgan fingerprint density at radius 1 is 1.24 bits per heavy atom. The highest BCUT2D eigenvalue weighted by molar-refractivity contribution is 9.11. The number of benzene rings is 2. The SMILES string of the molecule is COc1c(Br)cc(Br)cc1/C=C(\C#N)C(=O)Nc1c(C)cccc1C. The standard InChI is InChI=1S/C19H16Br2N2O2/c1-11-5-4-6-12(2)17(11)23-19(24)14(10-22)7-13-8-15(20)9-16(21)18(13)25-3/h4-9H,1-3H3,(H,23,24)/b14-7+. The van der Waals surface area contributed by atoms with Crippen LogP contribution in [-0.4, -0.2) is 13.0 Å². The van der Waals surface area contributed by atoms with Gasteiger partial charge in [-0.3, -0.25) is 4.79 Å². The van der Waals surface area contributed by atoms with Crippen LogP contribution in [0, 0.1) is 25.2 Å². The van der Waals surface area contributed by atoms with E-state index in [1.54, 1.807) is 6.07 Å². The number of rotatable bonds is 4. The van der Waals surface area contributed by atoms with Gasteiger partial charge in [0.1, 0.15) is 17.4 Å². The summed E-state index contributed by atoms with van der Waals surface area (Å²) < 4.78 is 6.89. The van der Waals surface area contributed by atoms with Crippen molar-refractivity contribution < 1.29 is 9.53 Å². The van der Waals surface area contributed by atoms with Gasteiger partial charge in [-0.15, -0.1) is 0 Å². The summed E-state index contributed by atoms with van der Waals surface area (Å²) in [4.78, 5) is 12.6. The van der Waals surface area contributed by atoms with E-state index in [4.69, 9.17) is 4.74 Å². The summed E-state index contributed by atoms with van der Waals surface area (Å²) in [5.74, 6) is 0.0915. The van der Waals surface area contributed by atoms with Gasteiger partial charge in [0.15, 0.2) is 0 Å². The number of anilines is 1. The summed E-state index contributed by atoms with van der Waals surface area (Å²) in [7, 11) is 1.54. The van der Waals surface area contributed by atoms with Crippen molar-refractivity contribution in [2.75, 3.05) is 12.4 Å². The predicted molar refractivity (Wildman–Crippen MR) is 107 cm³/mol. The molecule has 1 N–H and O–H groups in total. The number of amides is 1. The van der Waals surface area contributed by atoms with Crippen LogP contribution in [-0.2, 0) is 4.79 Å². The third-order valence-electron chi connectivity index (χ3n) is 3.63. The molecule has 0 atom stereocenters. The molecule has 2 rings (SSSR count). The Balaban J connectivity index is 2.42. The van der Waals surface area contributed by atoms with Crippen molar-refractivity contribution in [3.8, 4) is 11.8 Å². The quantitative estimate of drug-likeness (QED) is 0.488. The van der Waals surface area contributed by atoms with E-state index in [0.717, 1.165) is 25.8 Å². The second-order valence-electron chi connectivity index (χ2n) is 5.40. The Morgan fingerprint density at radius 3 is 2.44 bits per heavy atom. The van der Waals surface area contributed by atoms with E-state index in [1.807, 2.05) is 44.2 Å². The molecule has 0 aromatic heterocycles. The molecule has 2 aromatic carbocycles. The Hall–Kier alpha value is -2.10. The Bertz CT molecular complexity index is 879. The molecule has 0 heterocycles. The third kappa shape index (κ3) is 4.50. The van der Waals surface area contributed by atoms with Crippen LogP contribution in [0.2, 0.25) is 0 Å². The predicted octanol–water partition coefficient (Wildman–Crippen LogP) is 5.38. The first-order valence-corrected chi connectivity index (χ1v) is 8.98. The van der Waals surface area contributed by atoms with Gasteiger partial charge in [-0.05, 0) is 59.1 Å². The average Bonchev–Trinajstić information content (AvgIpc) is 2.55. The molecule has 0 fully saturated rings. The Labute approximate surface area is 163 Å². The zero-order valence-corrected chi connectivity index (χ0v) is 17.2. The van der Waals surface area contributed by atoms with Gasteiger partial charge >= 0.3 is 0 Å². The number of hydrogen-bond donors (Lipinski definition) is 1. The molecule has 0 saturated heterocycles. The normalized spacial score (nSPS) is 11.0. The van der Waals surface area contributed by atoms with Gasteiger partial charge in [-0.1, -0.05) is 34.1 Å². The molecule has 0 unspecified atom stereocenters. The smallest absolute Gasteiger partial charge is 0.266 e. The molecule has 1 amide bonds. The molecule has 0 aliphatic rings. The van der Waals surface area contributed by atoms with Crippen molar-refractivity contribution in [3.05, 3.63) is 61.5 Å². The van der Waals surface area contributed by atoms with Gasteiger partial charge < -0.3 is 10.1 Å². The van der Waals surface area contributed by atoms with Crippen LogP contribution in [0.4, 0.5) is 5.69 Å². The highest BCUT2D eigenvalue weighted by atomic mass is 79.9. The summed E-state index contributed by atoms with van der Waals surface area (Å²) >= 11 is 6.81. The first kappa shape index (κ1) is 19.2. The van der Waals surface area contributed by atoms with E-state index >= 15 is 0 Å². The zero-order valence-electron chi connectivity index (χ0n) is 14.0. The van der Waals surface area contributed by atoms with Gasteiger partial charge in [0.2, 0.25) is 0 Å². The molecule has 128 valence electrons. The first-order valence-electron chi connectivity index (χ1n) is 7.39. The van der Waals surface area contributed by atoms with Gasteiger partial charge in [0, 0.05) is 15.7 Å². The summed E-state index contributed by atoms with van der Waals surface area (Å²) in [5, 5.41) is 12.3. The number of carbonyl (C=O) groups excluding carboxylic acids is 1. The van der Waals surface area contributed by atoms with Crippen LogP contribution in [0.3, 0.4) is 0 Å². The van der Waals surface area contributed by atoms with Crippen LogP contribution in [0.5, 0.6) is 5.75 Å². The van der Waals surface area contributed by atoms with Crippen LogP contribution in [0.15, 0.2) is 44.9 Å². The number of carbonyl (C=O) groups is 1. The third-order valence-corrected chi connectivity index (χ3v) is 4.67. The number of nitrogens with one attached hydrogen (secondary N) is 1. The van der Waals surface area contributed by atoms with Gasteiger partial charge in [-0.25, -0.2) is 0 Å². The molecule has 0 bridgehead atoms. The average molecular weight is 464 g/mol. The van der Waals surface area contributed by atoms with Crippen LogP contribution >= 0.6 is 31.9 Å². The molecule has 0 spiro atoms. The van der Waals surface area contributed by atoms with Crippen molar-refractivity contribution in [1.29, 1.82) is 5.26 Å². The van der Waals surface area contributed by atoms with Gasteiger partial charge in [-0.2, -0.15) is 5.26 Å². The van der Waals surface area contributed by atoms with E-state index in [1.165, 1.54) is 13.2 Å². The Kier molecular flexibility index (Phi) is 6.40. The fourth-order valence-corrected chi connectivity index (χ4v) is 3.82. The fraction of sp³-hybridized carbons (Fsp3) is 0.158. The number of aryl methyl sites for hydroxylation is 2. The highest BCUT2D eigenvalue weighted by Gasteiger charge is 2.15. The zero-order chi connectivity index (χ0) is 18.6. The minimum atomic E-state index is -0.460. The van der Waals surface area contributed by atoms with Crippen molar-refractivity contribution >= 4 is 49.5 Å². The highest BCUT2D eigenvalue weighted by Crippen LogP contribution is 2.34. The second-order valence-corrected chi connectivity index (χ2v) is 7.17. The molecule has 4 nitrogen and oxygen atoms in total. The fourth-order valence-electron chi connectivity index (χ4n) is 2.40. The van der Waals surface area contributed by atoms with Crippen molar-refractivity contribution in [3.63, 3.8) is 0 Å². The van der Waals surface area contributed by atoms with Gasteiger partial charge in [0.05, 0.1) is 11.6 Å². The first-order chi connectivity index (χ1) is 11.9. The van der Waals surface area contributed by atoms with Crippen LogP contribution in [0.1, 0.15) is 16.7 Å². The molecular formula is C19H16Br2N2O2. The largest absolute Gasteiger partial charge is 0.495 e. The number of nitrogens with zero attached hydrogens (tertiary/aromatic N) is 1.